The van der Waals surface area contributed by atoms with Gasteiger partial charge in [0.05, 0.1) is 5.92 Å². The molecule has 0 bridgehead atoms. The number of aliphatic carboxylic acids is 1. The number of likely N-dealkylation sites (tertiary alicyclic amines) is 1. The number of carbonyl (C=O) groups is 1. The Hall–Kier alpha value is -0.610. The topological polar surface area (TPSA) is 43.8 Å². The average Bonchev–Trinajstić information content (AvgIpc) is 2.68. The second-order valence-electron chi connectivity index (χ2n) is 6.16. The summed E-state index contributed by atoms with van der Waals surface area (Å²) in [6.07, 6.45) is 2.47. The first-order valence-electron chi connectivity index (χ1n) is 7.00. The summed E-state index contributed by atoms with van der Waals surface area (Å²) < 4.78 is 0. The van der Waals surface area contributed by atoms with E-state index >= 15 is 0 Å². The largest absolute Gasteiger partial charge is 0.481 e. The van der Waals surface area contributed by atoms with Gasteiger partial charge in [-0.05, 0) is 51.9 Å². The summed E-state index contributed by atoms with van der Waals surface area (Å²) in [6, 6.07) is 0. The van der Waals surface area contributed by atoms with E-state index in [-0.39, 0.29) is 11.8 Å². The Morgan fingerprint density at radius 2 is 2.17 bits per heavy atom. The SMILES string of the molecule is CC(C)C(CN(C)CCC1CCN(C)C1)C(=O)O. The van der Waals surface area contributed by atoms with Crippen LogP contribution in [0.2, 0.25) is 0 Å². The standard InChI is InChI=1S/C14H28N2O2/c1-11(2)13(14(17)18)10-16(4)8-6-12-5-7-15(3)9-12/h11-13H,5-10H2,1-4H3,(H,17,18). The van der Waals surface area contributed by atoms with Crippen LogP contribution in [0.25, 0.3) is 0 Å². The molecule has 0 aliphatic carbocycles. The molecule has 0 saturated carbocycles. The van der Waals surface area contributed by atoms with Crippen molar-refractivity contribution >= 4 is 5.97 Å². The van der Waals surface area contributed by atoms with Gasteiger partial charge in [-0.3, -0.25) is 4.79 Å². The van der Waals surface area contributed by atoms with Crippen LogP contribution in [0.15, 0.2) is 0 Å². The van der Waals surface area contributed by atoms with Gasteiger partial charge in [0.15, 0.2) is 0 Å². The molecule has 1 aliphatic rings. The first-order valence-corrected chi connectivity index (χ1v) is 7.00. The van der Waals surface area contributed by atoms with Crippen LogP contribution in [0.4, 0.5) is 0 Å². The van der Waals surface area contributed by atoms with E-state index in [0.717, 1.165) is 12.5 Å². The normalized spacial score (nSPS) is 22.9. The summed E-state index contributed by atoms with van der Waals surface area (Å²) in [4.78, 5) is 15.7. The lowest BCUT2D eigenvalue weighted by Crippen LogP contribution is -2.34. The Bertz CT molecular complexity index is 269. The highest BCUT2D eigenvalue weighted by atomic mass is 16.4. The van der Waals surface area contributed by atoms with Crippen molar-refractivity contribution in [3.8, 4) is 0 Å². The summed E-state index contributed by atoms with van der Waals surface area (Å²) in [6.45, 7) is 8.04. The molecule has 2 unspecified atom stereocenters. The molecule has 0 amide bonds. The van der Waals surface area contributed by atoms with E-state index in [1.807, 2.05) is 20.9 Å². The minimum absolute atomic E-state index is 0.197. The third-order valence-corrected chi connectivity index (χ3v) is 4.04. The third kappa shape index (κ3) is 4.94. The molecule has 1 N–H and O–H groups in total. The zero-order chi connectivity index (χ0) is 13.7. The van der Waals surface area contributed by atoms with Gasteiger partial charge < -0.3 is 14.9 Å². The molecule has 4 heteroatoms. The Labute approximate surface area is 111 Å². The Balaban J connectivity index is 2.27. The lowest BCUT2D eigenvalue weighted by atomic mass is 9.95. The van der Waals surface area contributed by atoms with E-state index in [0.29, 0.717) is 6.54 Å². The van der Waals surface area contributed by atoms with E-state index in [9.17, 15) is 9.90 Å². The van der Waals surface area contributed by atoms with Gasteiger partial charge in [-0.15, -0.1) is 0 Å². The number of hydrogen-bond donors (Lipinski definition) is 1. The Morgan fingerprint density at radius 1 is 1.50 bits per heavy atom. The van der Waals surface area contributed by atoms with Crippen LogP contribution < -0.4 is 0 Å². The number of nitrogens with zero attached hydrogens (tertiary/aromatic N) is 2. The van der Waals surface area contributed by atoms with Crippen LogP contribution in [0.5, 0.6) is 0 Å². The molecule has 1 rings (SSSR count). The van der Waals surface area contributed by atoms with Crippen molar-refractivity contribution in [3.05, 3.63) is 0 Å². The molecule has 0 spiro atoms. The maximum absolute atomic E-state index is 11.1. The monoisotopic (exact) mass is 256 g/mol. The smallest absolute Gasteiger partial charge is 0.308 e. The highest BCUT2D eigenvalue weighted by Gasteiger charge is 2.24. The number of rotatable bonds is 7. The quantitative estimate of drug-likeness (QED) is 0.751. The average molecular weight is 256 g/mol. The van der Waals surface area contributed by atoms with Crippen LogP contribution in [-0.2, 0) is 4.79 Å². The predicted molar refractivity (Wildman–Crippen MR) is 73.7 cm³/mol. The number of hydrogen-bond acceptors (Lipinski definition) is 3. The third-order valence-electron chi connectivity index (χ3n) is 4.04. The molecule has 2 atom stereocenters. The van der Waals surface area contributed by atoms with Gasteiger partial charge in [-0.25, -0.2) is 0 Å². The number of carboxylic acid groups (broad SMARTS) is 1. The zero-order valence-electron chi connectivity index (χ0n) is 12.2. The Morgan fingerprint density at radius 3 is 2.61 bits per heavy atom. The molecule has 1 heterocycles. The first-order chi connectivity index (χ1) is 8.40. The Kier molecular flexibility index (Phi) is 6.09. The van der Waals surface area contributed by atoms with E-state index in [1.165, 1.54) is 25.9 Å². The summed E-state index contributed by atoms with van der Waals surface area (Å²) in [5.41, 5.74) is 0. The van der Waals surface area contributed by atoms with Crippen LogP contribution in [0.3, 0.4) is 0 Å². The summed E-state index contributed by atoms with van der Waals surface area (Å²) >= 11 is 0. The summed E-state index contributed by atoms with van der Waals surface area (Å²) in [7, 11) is 4.21. The molecule has 106 valence electrons. The van der Waals surface area contributed by atoms with Crippen molar-refractivity contribution in [1.29, 1.82) is 0 Å². The maximum Gasteiger partial charge on any atom is 0.308 e. The molecule has 1 saturated heterocycles. The second kappa shape index (κ2) is 7.10. The van der Waals surface area contributed by atoms with Gasteiger partial charge in [-0.1, -0.05) is 13.8 Å². The van der Waals surface area contributed by atoms with Crippen LogP contribution in [-0.4, -0.2) is 61.2 Å². The van der Waals surface area contributed by atoms with Gasteiger partial charge in [0.25, 0.3) is 0 Å². The van der Waals surface area contributed by atoms with Crippen molar-refractivity contribution in [2.24, 2.45) is 17.8 Å². The lowest BCUT2D eigenvalue weighted by Gasteiger charge is -2.24. The van der Waals surface area contributed by atoms with E-state index in [4.69, 9.17) is 0 Å². The van der Waals surface area contributed by atoms with Crippen molar-refractivity contribution in [3.63, 3.8) is 0 Å². The second-order valence-corrected chi connectivity index (χ2v) is 6.16. The fourth-order valence-electron chi connectivity index (χ4n) is 2.67. The zero-order valence-corrected chi connectivity index (χ0v) is 12.2. The molecule has 0 radical (unpaired) electrons. The maximum atomic E-state index is 11.1. The van der Waals surface area contributed by atoms with Crippen LogP contribution >= 0.6 is 0 Å². The lowest BCUT2D eigenvalue weighted by molar-refractivity contribution is -0.143. The first kappa shape index (κ1) is 15.4. The van der Waals surface area contributed by atoms with Crippen molar-refractivity contribution in [2.45, 2.75) is 26.7 Å². The molecule has 0 aromatic heterocycles. The van der Waals surface area contributed by atoms with E-state index in [2.05, 4.69) is 16.8 Å². The van der Waals surface area contributed by atoms with Gasteiger partial charge in [-0.2, -0.15) is 0 Å². The van der Waals surface area contributed by atoms with E-state index in [1.54, 1.807) is 0 Å². The minimum atomic E-state index is -0.669. The molecular weight excluding hydrogens is 228 g/mol. The minimum Gasteiger partial charge on any atom is -0.481 e. The fraction of sp³-hybridized carbons (Fsp3) is 0.929. The van der Waals surface area contributed by atoms with Gasteiger partial charge >= 0.3 is 5.97 Å². The predicted octanol–water partition coefficient (Wildman–Crippen LogP) is 1.62. The van der Waals surface area contributed by atoms with Gasteiger partial charge in [0.2, 0.25) is 0 Å². The van der Waals surface area contributed by atoms with Crippen LogP contribution in [0, 0.1) is 17.8 Å². The summed E-state index contributed by atoms with van der Waals surface area (Å²) in [5, 5.41) is 9.17. The van der Waals surface area contributed by atoms with Crippen molar-refractivity contribution in [2.75, 3.05) is 40.3 Å². The molecule has 0 aromatic carbocycles. The highest BCUT2D eigenvalue weighted by Crippen LogP contribution is 2.19. The summed E-state index contributed by atoms with van der Waals surface area (Å²) in [5.74, 6) is 0.0704. The highest BCUT2D eigenvalue weighted by molar-refractivity contribution is 5.70. The number of carboxylic acids is 1. The molecule has 4 nitrogen and oxygen atoms in total. The molecule has 0 aromatic rings. The van der Waals surface area contributed by atoms with Crippen molar-refractivity contribution in [1.82, 2.24) is 9.80 Å². The molecular formula is C14H28N2O2. The van der Waals surface area contributed by atoms with Crippen LogP contribution in [0.1, 0.15) is 26.7 Å². The van der Waals surface area contributed by atoms with Gasteiger partial charge in [0, 0.05) is 13.1 Å². The van der Waals surface area contributed by atoms with Gasteiger partial charge in [0.1, 0.15) is 0 Å². The molecule has 18 heavy (non-hydrogen) atoms. The fourth-order valence-corrected chi connectivity index (χ4v) is 2.67. The van der Waals surface area contributed by atoms with E-state index < -0.39 is 5.97 Å². The molecule has 1 fully saturated rings. The molecule has 1 aliphatic heterocycles. The van der Waals surface area contributed by atoms with Crippen molar-refractivity contribution < 1.29 is 9.90 Å².